The standard InChI is InChI=1S/C18H31N3/c1-5-13-19-14-16-7-9-17(10-8-16)21(4)15-18(20(2)3)11-6-12-18/h7-10,19H,5-6,11-15H2,1-4H3. The van der Waals surface area contributed by atoms with Gasteiger partial charge >= 0.3 is 0 Å². The predicted octanol–water partition coefficient (Wildman–Crippen LogP) is 3.11. The smallest absolute Gasteiger partial charge is 0.0378 e. The minimum Gasteiger partial charge on any atom is -0.373 e. The molecule has 0 bridgehead atoms. The van der Waals surface area contributed by atoms with Gasteiger partial charge in [-0.3, -0.25) is 0 Å². The van der Waals surface area contributed by atoms with Gasteiger partial charge in [-0.05, 0) is 64.0 Å². The minimum absolute atomic E-state index is 0.385. The Labute approximate surface area is 130 Å². The monoisotopic (exact) mass is 289 g/mol. The summed E-state index contributed by atoms with van der Waals surface area (Å²) >= 11 is 0. The number of benzene rings is 1. The highest BCUT2D eigenvalue weighted by atomic mass is 15.2. The van der Waals surface area contributed by atoms with Crippen LogP contribution >= 0.6 is 0 Å². The van der Waals surface area contributed by atoms with Gasteiger partial charge in [0.1, 0.15) is 0 Å². The lowest BCUT2D eigenvalue weighted by molar-refractivity contribution is 0.0683. The second kappa shape index (κ2) is 7.28. The molecule has 0 atom stereocenters. The van der Waals surface area contributed by atoms with Crippen molar-refractivity contribution in [2.45, 2.75) is 44.7 Å². The number of anilines is 1. The van der Waals surface area contributed by atoms with Gasteiger partial charge in [-0.15, -0.1) is 0 Å². The van der Waals surface area contributed by atoms with Crippen molar-refractivity contribution in [3.05, 3.63) is 29.8 Å². The molecule has 3 nitrogen and oxygen atoms in total. The van der Waals surface area contributed by atoms with E-state index in [-0.39, 0.29) is 0 Å². The summed E-state index contributed by atoms with van der Waals surface area (Å²) in [5.41, 5.74) is 3.07. The zero-order valence-corrected chi connectivity index (χ0v) is 14.2. The van der Waals surface area contributed by atoms with E-state index in [1.54, 1.807) is 0 Å². The molecule has 3 heteroatoms. The average molecular weight is 289 g/mol. The van der Waals surface area contributed by atoms with Crippen LogP contribution < -0.4 is 10.2 Å². The van der Waals surface area contributed by atoms with E-state index < -0.39 is 0 Å². The van der Waals surface area contributed by atoms with Crippen LogP contribution in [-0.2, 0) is 6.54 Å². The first-order valence-electron chi connectivity index (χ1n) is 8.25. The Morgan fingerprint density at radius 1 is 1.10 bits per heavy atom. The SMILES string of the molecule is CCCNCc1ccc(N(C)CC2(N(C)C)CCC2)cc1. The highest BCUT2D eigenvalue weighted by molar-refractivity contribution is 5.47. The summed E-state index contributed by atoms with van der Waals surface area (Å²) < 4.78 is 0. The molecule has 0 heterocycles. The number of hydrogen-bond acceptors (Lipinski definition) is 3. The Morgan fingerprint density at radius 3 is 2.24 bits per heavy atom. The van der Waals surface area contributed by atoms with Gasteiger partial charge < -0.3 is 15.1 Å². The Hall–Kier alpha value is -1.06. The maximum atomic E-state index is 3.45. The van der Waals surface area contributed by atoms with Gasteiger partial charge in [0.05, 0.1) is 0 Å². The van der Waals surface area contributed by atoms with Crippen molar-refractivity contribution in [3.8, 4) is 0 Å². The first kappa shape index (κ1) is 16.3. The quantitative estimate of drug-likeness (QED) is 0.742. The largest absolute Gasteiger partial charge is 0.373 e. The first-order chi connectivity index (χ1) is 10.1. The van der Waals surface area contributed by atoms with Crippen molar-refractivity contribution in [1.82, 2.24) is 10.2 Å². The van der Waals surface area contributed by atoms with E-state index in [2.05, 4.69) is 67.4 Å². The van der Waals surface area contributed by atoms with Crippen molar-refractivity contribution in [1.29, 1.82) is 0 Å². The van der Waals surface area contributed by atoms with E-state index in [1.165, 1.54) is 36.9 Å². The van der Waals surface area contributed by atoms with Crippen molar-refractivity contribution in [2.24, 2.45) is 0 Å². The second-order valence-corrected chi connectivity index (χ2v) is 6.67. The lowest BCUT2D eigenvalue weighted by atomic mass is 9.75. The Kier molecular flexibility index (Phi) is 5.65. The Bertz CT molecular complexity index is 421. The topological polar surface area (TPSA) is 18.5 Å². The maximum Gasteiger partial charge on any atom is 0.0378 e. The third-order valence-corrected chi connectivity index (χ3v) is 4.90. The average Bonchev–Trinajstić information content (AvgIpc) is 2.43. The highest BCUT2D eigenvalue weighted by Crippen LogP contribution is 2.37. The minimum atomic E-state index is 0.385. The molecule has 0 aliphatic heterocycles. The lowest BCUT2D eigenvalue weighted by Crippen LogP contribution is -2.56. The summed E-state index contributed by atoms with van der Waals surface area (Å²) in [5, 5.41) is 3.45. The molecule has 0 aromatic heterocycles. The zero-order chi connectivity index (χ0) is 15.3. The summed E-state index contributed by atoms with van der Waals surface area (Å²) in [6, 6.07) is 9.01. The van der Waals surface area contributed by atoms with E-state index in [0.29, 0.717) is 5.54 Å². The molecule has 118 valence electrons. The van der Waals surface area contributed by atoms with Crippen LogP contribution in [0.15, 0.2) is 24.3 Å². The Balaban J connectivity index is 1.92. The fourth-order valence-electron chi connectivity index (χ4n) is 3.14. The van der Waals surface area contributed by atoms with Crippen LogP contribution in [0, 0.1) is 0 Å². The molecule has 1 fully saturated rings. The van der Waals surface area contributed by atoms with Gasteiger partial charge in [-0.2, -0.15) is 0 Å². The first-order valence-corrected chi connectivity index (χ1v) is 8.25. The van der Waals surface area contributed by atoms with Crippen LogP contribution in [0.4, 0.5) is 5.69 Å². The molecule has 2 rings (SSSR count). The molecule has 1 aliphatic rings. The van der Waals surface area contributed by atoms with Crippen LogP contribution in [-0.4, -0.2) is 44.7 Å². The molecule has 0 amide bonds. The van der Waals surface area contributed by atoms with E-state index in [0.717, 1.165) is 19.6 Å². The number of likely N-dealkylation sites (N-methyl/N-ethyl adjacent to an activating group) is 2. The molecular formula is C18H31N3. The fraction of sp³-hybridized carbons (Fsp3) is 0.667. The third-order valence-electron chi connectivity index (χ3n) is 4.90. The van der Waals surface area contributed by atoms with Crippen LogP contribution in [0.5, 0.6) is 0 Å². The highest BCUT2D eigenvalue weighted by Gasteiger charge is 2.39. The second-order valence-electron chi connectivity index (χ2n) is 6.67. The molecular weight excluding hydrogens is 258 g/mol. The van der Waals surface area contributed by atoms with E-state index in [9.17, 15) is 0 Å². The molecule has 1 aliphatic carbocycles. The molecule has 0 spiro atoms. The molecule has 1 aromatic carbocycles. The third kappa shape index (κ3) is 3.98. The number of nitrogens with zero attached hydrogens (tertiary/aromatic N) is 2. The van der Waals surface area contributed by atoms with Gasteiger partial charge in [0.2, 0.25) is 0 Å². The normalized spacial score (nSPS) is 16.8. The maximum absolute atomic E-state index is 3.45. The van der Waals surface area contributed by atoms with E-state index in [4.69, 9.17) is 0 Å². The fourth-order valence-corrected chi connectivity index (χ4v) is 3.14. The summed E-state index contributed by atoms with van der Waals surface area (Å²) in [5.74, 6) is 0. The molecule has 0 unspecified atom stereocenters. The van der Waals surface area contributed by atoms with Gasteiger partial charge in [0.15, 0.2) is 0 Å². The Morgan fingerprint density at radius 2 is 1.76 bits per heavy atom. The molecule has 1 aromatic rings. The summed E-state index contributed by atoms with van der Waals surface area (Å²) in [4.78, 5) is 4.82. The van der Waals surface area contributed by atoms with Crippen LogP contribution in [0.3, 0.4) is 0 Å². The number of rotatable bonds is 8. The van der Waals surface area contributed by atoms with Gasteiger partial charge in [-0.1, -0.05) is 19.1 Å². The van der Waals surface area contributed by atoms with E-state index in [1.807, 2.05) is 0 Å². The molecule has 21 heavy (non-hydrogen) atoms. The van der Waals surface area contributed by atoms with Crippen LogP contribution in [0.25, 0.3) is 0 Å². The van der Waals surface area contributed by atoms with Crippen molar-refractivity contribution >= 4 is 5.69 Å². The van der Waals surface area contributed by atoms with Crippen molar-refractivity contribution < 1.29 is 0 Å². The summed E-state index contributed by atoms with van der Waals surface area (Å²) in [7, 11) is 6.65. The lowest BCUT2D eigenvalue weighted by Gasteiger charge is -2.49. The molecule has 1 N–H and O–H groups in total. The predicted molar refractivity (Wildman–Crippen MR) is 92.0 cm³/mol. The van der Waals surface area contributed by atoms with Crippen LogP contribution in [0.2, 0.25) is 0 Å². The van der Waals surface area contributed by atoms with Gasteiger partial charge in [0, 0.05) is 31.4 Å². The molecule has 0 saturated heterocycles. The van der Waals surface area contributed by atoms with Gasteiger partial charge in [0.25, 0.3) is 0 Å². The molecule has 1 saturated carbocycles. The molecule has 0 radical (unpaired) electrons. The number of hydrogen-bond donors (Lipinski definition) is 1. The van der Waals surface area contributed by atoms with Gasteiger partial charge in [-0.25, -0.2) is 0 Å². The number of nitrogens with one attached hydrogen (secondary N) is 1. The summed E-state index contributed by atoms with van der Waals surface area (Å²) in [6.07, 6.45) is 5.20. The zero-order valence-electron chi connectivity index (χ0n) is 14.2. The summed E-state index contributed by atoms with van der Waals surface area (Å²) in [6.45, 7) is 5.38. The van der Waals surface area contributed by atoms with Crippen LogP contribution in [0.1, 0.15) is 38.2 Å². The van der Waals surface area contributed by atoms with Crippen molar-refractivity contribution in [2.75, 3.05) is 39.1 Å². The van der Waals surface area contributed by atoms with Crippen molar-refractivity contribution in [3.63, 3.8) is 0 Å². The van der Waals surface area contributed by atoms with E-state index >= 15 is 0 Å².